The van der Waals surface area contributed by atoms with Crippen LogP contribution in [-0.2, 0) is 10.0 Å². The fourth-order valence-electron chi connectivity index (χ4n) is 4.93. The van der Waals surface area contributed by atoms with Crippen LogP contribution < -0.4 is 14.8 Å². The average molecular weight is 653 g/mol. The number of likely N-dealkylation sites (tertiary alicyclic amines) is 1. The average Bonchev–Trinajstić information content (AvgIpc) is 2.94. The molecule has 2 aromatic heterocycles. The maximum Gasteiger partial charge on any atom is 0.407 e. The van der Waals surface area contributed by atoms with Crippen LogP contribution in [0.5, 0.6) is 11.6 Å². The number of fused-ring (bicyclic) bond motifs is 1. The number of carboxylic acid groups (broad SMARTS) is 1. The number of piperidine rings is 1. The monoisotopic (exact) mass is 652 g/mol. The number of halogens is 5. The van der Waals surface area contributed by atoms with E-state index in [-0.39, 0.29) is 47.9 Å². The van der Waals surface area contributed by atoms with E-state index in [0.717, 1.165) is 11.0 Å². The molecule has 0 bridgehead atoms. The van der Waals surface area contributed by atoms with E-state index in [2.05, 4.69) is 20.3 Å². The summed E-state index contributed by atoms with van der Waals surface area (Å²) in [6.45, 7) is 1.45. The second-order valence-electron chi connectivity index (χ2n) is 10.3. The zero-order valence-electron chi connectivity index (χ0n) is 23.3. The molecule has 1 amide bonds. The summed E-state index contributed by atoms with van der Waals surface area (Å²) in [6, 6.07) is 9.24. The number of amides is 1. The van der Waals surface area contributed by atoms with Crippen LogP contribution in [0.2, 0.25) is 0 Å². The fraction of sp³-hybridized carbons (Fsp3) is 0.286. The second-order valence-corrected chi connectivity index (χ2v) is 12.0. The number of ether oxygens (including phenoxy) is 1. The Kier molecular flexibility index (Phi) is 8.64. The Morgan fingerprint density at radius 2 is 1.84 bits per heavy atom. The lowest BCUT2D eigenvalue weighted by Crippen LogP contribution is -2.49. The Labute approximate surface area is 253 Å². The second kappa shape index (κ2) is 12.3. The number of pyridine rings is 1. The van der Waals surface area contributed by atoms with Gasteiger partial charge in [-0.3, -0.25) is 4.72 Å². The van der Waals surface area contributed by atoms with Gasteiger partial charge in [-0.15, -0.1) is 0 Å². The zero-order chi connectivity index (χ0) is 32.5. The van der Waals surface area contributed by atoms with Crippen molar-refractivity contribution in [1.82, 2.24) is 19.9 Å². The van der Waals surface area contributed by atoms with Crippen LogP contribution >= 0.6 is 0 Å². The largest absolute Gasteiger partial charge is 0.465 e. The Morgan fingerprint density at radius 1 is 1.09 bits per heavy atom. The number of nitrogens with zero attached hydrogens (tertiary/aromatic N) is 4. The maximum absolute atomic E-state index is 14.8. The summed E-state index contributed by atoms with van der Waals surface area (Å²) in [5, 5.41) is 12.4. The Morgan fingerprint density at radius 3 is 2.58 bits per heavy atom. The van der Waals surface area contributed by atoms with E-state index < -0.39 is 51.8 Å². The third-order valence-corrected chi connectivity index (χ3v) is 8.04. The third-order valence-electron chi connectivity index (χ3n) is 6.81. The third kappa shape index (κ3) is 7.47. The van der Waals surface area contributed by atoms with E-state index in [4.69, 9.17) is 4.74 Å². The highest BCUT2D eigenvalue weighted by atomic mass is 32.2. The molecule has 3 heterocycles. The van der Waals surface area contributed by atoms with E-state index in [1.165, 1.54) is 30.6 Å². The van der Waals surface area contributed by atoms with Crippen LogP contribution in [0.4, 0.5) is 38.4 Å². The first kappa shape index (κ1) is 31.6. The van der Waals surface area contributed by atoms with Crippen molar-refractivity contribution in [3.63, 3.8) is 0 Å². The molecule has 0 radical (unpaired) electrons. The number of aryl methyl sites for hydroxylation is 1. The van der Waals surface area contributed by atoms with Gasteiger partial charge in [-0.1, -0.05) is 12.1 Å². The highest BCUT2D eigenvalue weighted by molar-refractivity contribution is 7.92. The number of nitrogens with one attached hydrogen (secondary N) is 2. The molecule has 2 atom stereocenters. The van der Waals surface area contributed by atoms with Crippen molar-refractivity contribution >= 4 is 38.5 Å². The quantitative estimate of drug-likeness (QED) is 0.203. The van der Waals surface area contributed by atoms with Gasteiger partial charge in [-0.25, -0.2) is 36.9 Å². The minimum absolute atomic E-state index is 0.0276. The van der Waals surface area contributed by atoms with Crippen LogP contribution in [0.1, 0.15) is 12.0 Å². The molecule has 3 N–H and O–H groups in total. The van der Waals surface area contributed by atoms with Gasteiger partial charge in [0.25, 0.3) is 0 Å². The maximum atomic E-state index is 14.8. The molecule has 4 aromatic rings. The van der Waals surface area contributed by atoms with Crippen molar-refractivity contribution in [2.45, 2.75) is 31.7 Å². The van der Waals surface area contributed by atoms with Crippen LogP contribution in [0.15, 0.2) is 54.9 Å². The van der Waals surface area contributed by atoms with Crippen molar-refractivity contribution in [1.29, 1.82) is 0 Å². The van der Waals surface area contributed by atoms with Gasteiger partial charge in [0.2, 0.25) is 21.9 Å². The predicted molar refractivity (Wildman–Crippen MR) is 154 cm³/mol. The summed E-state index contributed by atoms with van der Waals surface area (Å²) in [5.74, 6) is -3.04. The van der Waals surface area contributed by atoms with E-state index in [0.29, 0.717) is 16.8 Å². The van der Waals surface area contributed by atoms with E-state index in [1.807, 2.05) is 0 Å². The molecule has 1 aliphatic heterocycles. The van der Waals surface area contributed by atoms with Crippen molar-refractivity contribution in [3.8, 4) is 22.9 Å². The van der Waals surface area contributed by atoms with Crippen LogP contribution in [0.25, 0.3) is 22.0 Å². The first-order valence-electron chi connectivity index (χ1n) is 13.3. The molecular weight excluding hydrogens is 627 g/mol. The molecular formula is C28H25F5N6O5S. The zero-order valence-corrected chi connectivity index (χ0v) is 24.2. The van der Waals surface area contributed by atoms with Gasteiger partial charge in [-0.2, -0.15) is 13.2 Å². The Balaban J connectivity index is 1.47. The van der Waals surface area contributed by atoms with Crippen LogP contribution in [0.3, 0.4) is 0 Å². The lowest BCUT2D eigenvalue weighted by molar-refractivity contribution is -0.106. The van der Waals surface area contributed by atoms with Crippen LogP contribution in [0, 0.1) is 12.7 Å². The molecule has 11 nitrogen and oxygen atoms in total. The number of hydrogen-bond acceptors (Lipinski definition) is 8. The number of carbonyl (C=O) groups is 1. The van der Waals surface area contributed by atoms with Gasteiger partial charge in [0, 0.05) is 42.2 Å². The van der Waals surface area contributed by atoms with Gasteiger partial charge < -0.3 is 20.1 Å². The molecule has 1 aliphatic rings. The van der Waals surface area contributed by atoms with Gasteiger partial charge in [-0.05, 0) is 42.8 Å². The van der Waals surface area contributed by atoms with Gasteiger partial charge in [0.15, 0.2) is 5.75 Å². The van der Waals surface area contributed by atoms with Crippen molar-refractivity contribution in [3.05, 3.63) is 66.2 Å². The minimum Gasteiger partial charge on any atom is -0.465 e. The molecule has 5 rings (SSSR count). The lowest BCUT2D eigenvalue weighted by atomic mass is 10.0. The summed E-state index contributed by atoms with van der Waals surface area (Å²) >= 11 is 0. The van der Waals surface area contributed by atoms with Crippen molar-refractivity contribution < 1.29 is 45.0 Å². The molecule has 1 fully saturated rings. The standard InChI is InChI=1S/C28H25F5N6O5S/c1-15-4-5-18-19(6-7-21(30)23(18)38-45(42,43)14-28(31,32)33)24(15)44-25-20(3-2-9-34-25)22-8-10-35-26(37-22)36-17-11-16(29)12-39(13-17)27(40)41/h2-10,16-17,38H,11-14H2,1H3,(H,40,41)(H,35,36,37)/t16-,17-/m0/s1. The van der Waals surface area contributed by atoms with Gasteiger partial charge in [0.05, 0.1) is 23.5 Å². The molecule has 0 saturated carbocycles. The van der Waals surface area contributed by atoms with E-state index in [9.17, 15) is 40.3 Å². The molecule has 45 heavy (non-hydrogen) atoms. The van der Waals surface area contributed by atoms with E-state index >= 15 is 0 Å². The SMILES string of the molecule is Cc1ccc2c(NS(=O)(=O)CC(F)(F)F)c(F)ccc2c1Oc1ncccc1-c1ccnc(N[C@H]2C[C@H](F)CN(C(=O)O)C2)n1. The predicted octanol–water partition coefficient (Wildman–Crippen LogP) is 5.74. The number of sulfonamides is 1. The number of benzene rings is 2. The first-order chi connectivity index (χ1) is 21.2. The smallest absolute Gasteiger partial charge is 0.407 e. The normalized spacial score (nSPS) is 17.2. The van der Waals surface area contributed by atoms with Gasteiger partial charge >= 0.3 is 12.3 Å². The number of alkyl halides is 4. The molecule has 238 valence electrons. The molecule has 0 unspecified atom stereocenters. The molecule has 17 heteroatoms. The number of rotatable bonds is 8. The lowest BCUT2D eigenvalue weighted by Gasteiger charge is -2.33. The van der Waals surface area contributed by atoms with Crippen LogP contribution in [-0.4, -0.2) is 76.7 Å². The summed E-state index contributed by atoms with van der Waals surface area (Å²) in [7, 11) is -5.00. The van der Waals surface area contributed by atoms with Crippen molar-refractivity contribution in [2.75, 3.05) is 28.9 Å². The highest BCUT2D eigenvalue weighted by Crippen LogP contribution is 2.40. The summed E-state index contributed by atoms with van der Waals surface area (Å²) in [6.07, 6.45) is -4.75. The van der Waals surface area contributed by atoms with Crippen molar-refractivity contribution in [2.24, 2.45) is 0 Å². The number of hydrogen-bond donors (Lipinski definition) is 3. The Bertz CT molecular complexity index is 1860. The molecule has 1 saturated heterocycles. The van der Waals surface area contributed by atoms with E-state index in [1.54, 1.807) is 29.8 Å². The molecule has 2 aromatic carbocycles. The summed E-state index contributed by atoms with van der Waals surface area (Å²) < 4.78 is 99.6. The van der Waals surface area contributed by atoms with Gasteiger partial charge in [0.1, 0.15) is 17.7 Å². The number of aromatic nitrogens is 3. The fourth-order valence-corrected chi connectivity index (χ4v) is 5.95. The summed E-state index contributed by atoms with van der Waals surface area (Å²) in [4.78, 5) is 25.2. The molecule has 0 spiro atoms. The number of anilines is 2. The minimum atomic E-state index is -5.05. The first-order valence-corrected chi connectivity index (χ1v) is 15.0. The Hall–Kier alpha value is -4.80. The topological polar surface area (TPSA) is 147 Å². The summed E-state index contributed by atoms with van der Waals surface area (Å²) in [5.41, 5.74) is 0.532. The highest BCUT2D eigenvalue weighted by Gasteiger charge is 2.36. The molecule has 0 aliphatic carbocycles.